The van der Waals surface area contributed by atoms with E-state index in [4.69, 9.17) is 8.42 Å². The second-order valence-corrected chi connectivity index (χ2v) is 8.26. The summed E-state index contributed by atoms with van der Waals surface area (Å²) in [5.74, 6) is -1.10. The molecule has 1 aromatic heterocycles. The molecule has 24 heavy (non-hydrogen) atoms. The van der Waals surface area contributed by atoms with E-state index >= 15 is 0 Å². The predicted molar refractivity (Wildman–Crippen MR) is 86.0 cm³/mol. The van der Waals surface area contributed by atoms with Gasteiger partial charge in [0.15, 0.2) is 0 Å². The zero-order chi connectivity index (χ0) is 18.7. The van der Waals surface area contributed by atoms with Crippen LogP contribution >= 0.6 is 21.4 Å². The fourth-order valence-electron chi connectivity index (χ4n) is 1.80. The normalized spacial score (nSPS) is 11.7. The molecule has 2 rings (SSSR count). The monoisotopic (exact) mass is 404 g/mol. The number of benzene rings is 1. The highest BCUT2D eigenvalue weighted by molar-refractivity contribution is 8.31. The second kappa shape index (κ2) is 7.58. The lowest BCUT2D eigenvalue weighted by atomic mass is 10.1. The maximum absolute atomic E-state index is 12.6. The summed E-state index contributed by atoms with van der Waals surface area (Å²) >= 11 is 0. The molecule has 0 saturated carbocycles. The minimum atomic E-state index is -4.56. The quantitative estimate of drug-likeness (QED) is 0.772. The van der Waals surface area contributed by atoms with Crippen molar-refractivity contribution in [3.8, 4) is 5.69 Å². The zero-order valence-corrected chi connectivity index (χ0v) is 15.0. The van der Waals surface area contributed by atoms with E-state index in [1.165, 1.54) is 7.05 Å². The van der Waals surface area contributed by atoms with Crippen LogP contribution in [0.5, 0.6) is 0 Å². The number of aromatic nitrogens is 3. The Hall–Kier alpha value is -1.52. The van der Waals surface area contributed by atoms with Crippen LogP contribution < -0.4 is 5.32 Å². The largest absolute Gasteiger partial charge is 0.453 e. The summed E-state index contributed by atoms with van der Waals surface area (Å²) in [6.45, 7) is 3.73. The Balaban J connectivity index is 0.000000505. The molecule has 0 radical (unpaired) electrons. The third kappa shape index (κ3) is 6.17. The summed E-state index contributed by atoms with van der Waals surface area (Å²) in [5.41, 5.74) is 2.43. The minimum absolute atomic E-state index is 0.0549. The Morgan fingerprint density at radius 2 is 1.75 bits per heavy atom. The molecule has 1 aromatic carbocycles. The number of anilines is 1. The average Bonchev–Trinajstić information content (AvgIpc) is 2.80. The van der Waals surface area contributed by atoms with Crippen LogP contribution in [0.2, 0.25) is 0 Å². The minimum Gasteiger partial charge on any atom is -0.357 e. The van der Waals surface area contributed by atoms with Crippen LogP contribution in [0, 0.1) is 13.8 Å². The third-order valence-corrected chi connectivity index (χ3v) is 2.66. The maximum Gasteiger partial charge on any atom is 0.453 e. The standard InChI is InChI=1S/C12H13F3N4.Cl2O2S/c1-7-4-5-9(8(2)6-7)19-11(16-3)17-10(18-19)12(13,14)15;1-5(2,3)4/h4-6H,1-3H3,(H,16,17,18);. The van der Waals surface area contributed by atoms with Crippen LogP contribution in [0.25, 0.3) is 5.69 Å². The van der Waals surface area contributed by atoms with Gasteiger partial charge < -0.3 is 5.32 Å². The number of aryl methyl sites for hydroxylation is 2. The van der Waals surface area contributed by atoms with Crippen LogP contribution in [-0.2, 0) is 14.4 Å². The van der Waals surface area contributed by atoms with E-state index in [2.05, 4.69) is 36.8 Å². The first-order valence-electron chi connectivity index (χ1n) is 6.26. The molecule has 0 aliphatic carbocycles. The highest BCUT2D eigenvalue weighted by Gasteiger charge is 2.37. The summed E-state index contributed by atoms with van der Waals surface area (Å²) in [7, 11) is 6.32. The Kier molecular flexibility index (Phi) is 6.48. The molecule has 2 aromatic rings. The zero-order valence-electron chi connectivity index (χ0n) is 12.7. The van der Waals surface area contributed by atoms with E-state index in [1.54, 1.807) is 6.07 Å². The number of rotatable bonds is 2. The second-order valence-electron chi connectivity index (χ2n) is 4.59. The molecule has 1 N–H and O–H groups in total. The fourth-order valence-corrected chi connectivity index (χ4v) is 1.80. The van der Waals surface area contributed by atoms with Crippen molar-refractivity contribution in [3.05, 3.63) is 35.2 Å². The van der Waals surface area contributed by atoms with E-state index in [-0.39, 0.29) is 5.95 Å². The topological polar surface area (TPSA) is 76.9 Å². The molecule has 0 aliphatic heterocycles. The molecular formula is C12H13Cl2F3N4O2S. The number of nitrogens with one attached hydrogen (secondary N) is 1. The first kappa shape index (κ1) is 20.5. The molecule has 0 spiro atoms. The van der Waals surface area contributed by atoms with E-state index in [1.807, 2.05) is 26.0 Å². The number of hydrogen-bond donors (Lipinski definition) is 1. The van der Waals surface area contributed by atoms with Crippen LogP contribution in [0.4, 0.5) is 19.1 Å². The predicted octanol–water partition coefficient (Wildman–Crippen LogP) is 3.65. The number of hydrogen-bond acceptors (Lipinski definition) is 5. The van der Waals surface area contributed by atoms with Crippen molar-refractivity contribution in [3.63, 3.8) is 0 Å². The Bertz CT molecular complexity index is 814. The SMILES string of the molecule is CNc1nc(C(F)(F)F)nn1-c1ccc(C)cc1C.O=S(=O)(Cl)Cl. The van der Waals surface area contributed by atoms with Gasteiger partial charge in [0.05, 0.1) is 5.69 Å². The van der Waals surface area contributed by atoms with Gasteiger partial charge in [0.1, 0.15) is 0 Å². The van der Waals surface area contributed by atoms with Crippen molar-refractivity contribution in [2.75, 3.05) is 12.4 Å². The van der Waals surface area contributed by atoms with Gasteiger partial charge in [-0.1, -0.05) is 17.7 Å². The lowest BCUT2D eigenvalue weighted by Gasteiger charge is -2.08. The molecule has 0 atom stereocenters. The molecule has 12 heteroatoms. The molecule has 0 fully saturated rings. The van der Waals surface area contributed by atoms with Crippen LogP contribution in [0.3, 0.4) is 0 Å². The van der Waals surface area contributed by atoms with Gasteiger partial charge in [-0.25, -0.2) is 0 Å². The van der Waals surface area contributed by atoms with Crippen LogP contribution in [0.1, 0.15) is 17.0 Å². The van der Waals surface area contributed by atoms with E-state index in [0.717, 1.165) is 15.8 Å². The smallest absolute Gasteiger partial charge is 0.357 e. The van der Waals surface area contributed by atoms with Crippen molar-refractivity contribution >= 4 is 35.6 Å². The number of nitrogens with zero attached hydrogens (tertiary/aromatic N) is 3. The van der Waals surface area contributed by atoms with Gasteiger partial charge in [-0.2, -0.15) is 31.3 Å². The highest BCUT2D eigenvalue weighted by atomic mass is 36.0. The number of halogens is 5. The Morgan fingerprint density at radius 3 is 2.17 bits per heavy atom. The van der Waals surface area contributed by atoms with Gasteiger partial charge in [0.25, 0.3) is 5.82 Å². The lowest BCUT2D eigenvalue weighted by molar-refractivity contribution is -0.144. The van der Waals surface area contributed by atoms with Crippen LogP contribution in [-0.4, -0.2) is 30.2 Å². The number of alkyl halides is 3. The van der Waals surface area contributed by atoms with Gasteiger partial charge in [-0.05, 0) is 25.5 Å². The van der Waals surface area contributed by atoms with Gasteiger partial charge in [0.2, 0.25) is 5.95 Å². The Labute approximate surface area is 145 Å². The summed E-state index contributed by atoms with van der Waals surface area (Å²) in [6.07, 6.45) is -4.56. The molecule has 0 amide bonds. The first-order chi connectivity index (χ1) is 10.8. The Morgan fingerprint density at radius 1 is 1.21 bits per heavy atom. The van der Waals surface area contributed by atoms with Gasteiger partial charge >= 0.3 is 14.4 Å². The van der Waals surface area contributed by atoms with Crippen LogP contribution in [0.15, 0.2) is 18.2 Å². The molecule has 0 unspecified atom stereocenters. The van der Waals surface area contributed by atoms with E-state index in [9.17, 15) is 13.2 Å². The average molecular weight is 405 g/mol. The van der Waals surface area contributed by atoms with Crippen molar-refractivity contribution in [1.29, 1.82) is 0 Å². The van der Waals surface area contributed by atoms with Crippen molar-refractivity contribution < 1.29 is 21.6 Å². The summed E-state index contributed by atoms with van der Waals surface area (Å²) < 4.78 is 57.4. The van der Waals surface area contributed by atoms with Crippen molar-refractivity contribution in [1.82, 2.24) is 14.8 Å². The van der Waals surface area contributed by atoms with E-state index in [0.29, 0.717) is 5.69 Å². The molecule has 0 bridgehead atoms. The lowest BCUT2D eigenvalue weighted by Crippen LogP contribution is -2.09. The summed E-state index contributed by atoms with van der Waals surface area (Å²) in [6, 6.07) is 5.42. The molecule has 1 heterocycles. The molecule has 0 aliphatic rings. The van der Waals surface area contributed by atoms with Crippen molar-refractivity contribution in [2.45, 2.75) is 20.0 Å². The van der Waals surface area contributed by atoms with Gasteiger partial charge in [0, 0.05) is 28.4 Å². The molecular weight excluding hydrogens is 392 g/mol. The van der Waals surface area contributed by atoms with Gasteiger partial charge in [-0.3, -0.25) is 0 Å². The third-order valence-electron chi connectivity index (χ3n) is 2.66. The van der Waals surface area contributed by atoms with E-state index < -0.39 is 20.3 Å². The first-order valence-corrected chi connectivity index (χ1v) is 9.40. The van der Waals surface area contributed by atoms with Crippen molar-refractivity contribution in [2.24, 2.45) is 0 Å². The molecule has 134 valence electrons. The summed E-state index contributed by atoms with van der Waals surface area (Å²) in [5, 5.41) is 6.15. The highest BCUT2D eigenvalue weighted by Crippen LogP contribution is 2.29. The fraction of sp³-hybridized carbons (Fsp3) is 0.333. The van der Waals surface area contributed by atoms with Gasteiger partial charge in [-0.15, -0.1) is 5.10 Å². The molecule has 6 nitrogen and oxygen atoms in total. The maximum atomic E-state index is 12.6. The molecule has 0 saturated heterocycles. The summed E-state index contributed by atoms with van der Waals surface area (Å²) in [4.78, 5) is 3.46.